The standard InChI is InChI=1S/C13H14N2O.C2H6/c1-4-7-12(14-5-2)13-11(10(3)16)8-6-9-15-13;1-2/h4-9H,2H2,1,3H3;1-2H3/b7-4-,14-12?;. The van der Waals surface area contributed by atoms with Gasteiger partial charge in [-0.05, 0) is 32.1 Å². The summed E-state index contributed by atoms with van der Waals surface area (Å²) in [5, 5.41) is 0. The van der Waals surface area contributed by atoms with E-state index in [-0.39, 0.29) is 5.78 Å². The number of nitrogens with zero attached hydrogens (tertiary/aromatic N) is 2. The summed E-state index contributed by atoms with van der Waals surface area (Å²) in [6, 6.07) is 3.48. The van der Waals surface area contributed by atoms with Crippen LogP contribution < -0.4 is 0 Å². The number of hydrogen-bond acceptors (Lipinski definition) is 3. The Kier molecular flexibility index (Phi) is 8.03. The Morgan fingerprint density at radius 1 is 1.44 bits per heavy atom. The molecule has 1 aromatic heterocycles. The Labute approximate surface area is 109 Å². The molecule has 3 heteroatoms. The van der Waals surface area contributed by atoms with Crippen molar-refractivity contribution in [2.24, 2.45) is 4.99 Å². The van der Waals surface area contributed by atoms with Crippen LogP contribution in [0.25, 0.3) is 0 Å². The zero-order valence-electron chi connectivity index (χ0n) is 11.5. The summed E-state index contributed by atoms with van der Waals surface area (Å²) in [6.07, 6.45) is 6.73. The van der Waals surface area contributed by atoms with E-state index in [0.717, 1.165) is 0 Å². The zero-order valence-corrected chi connectivity index (χ0v) is 11.5. The Morgan fingerprint density at radius 2 is 2.11 bits per heavy atom. The van der Waals surface area contributed by atoms with Crippen LogP contribution in [0, 0.1) is 0 Å². The molecule has 0 aliphatic heterocycles. The number of carbonyl (C=O) groups excluding carboxylic acids is 1. The van der Waals surface area contributed by atoms with Gasteiger partial charge in [0, 0.05) is 18.0 Å². The number of carbonyl (C=O) groups is 1. The maximum absolute atomic E-state index is 11.4. The second-order valence-corrected chi connectivity index (χ2v) is 3.15. The maximum Gasteiger partial charge on any atom is 0.162 e. The molecule has 0 atom stereocenters. The van der Waals surface area contributed by atoms with Gasteiger partial charge in [0.05, 0.1) is 11.4 Å². The highest BCUT2D eigenvalue weighted by molar-refractivity contribution is 6.14. The third-order valence-electron chi connectivity index (χ3n) is 1.98. The van der Waals surface area contributed by atoms with E-state index in [1.807, 2.05) is 26.8 Å². The first-order chi connectivity index (χ1) is 8.70. The van der Waals surface area contributed by atoms with Gasteiger partial charge < -0.3 is 0 Å². The molecular formula is C15H20N2O. The van der Waals surface area contributed by atoms with Crippen molar-refractivity contribution in [3.63, 3.8) is 0 Å². The second-order valence-electron chi connectivity index (χ2n) is 3.15. The van der Waals surface area contributed by atoms with E-state index in [1.165, 1.54) is 13.1 Å². The molecule has 1 aromatic rings. The number of rotatable bonds is 4. The van der Waals surface area contributed by atoms with Gasteiger partial charge in [-0.3, -0.25) is 14.8 Å². The average molecular weight is 244 g/mol. The summed E-state index contributed by atoms with van der Waals surface area (Å²) in [5.74, 6) is -0.0237. The lowest BCUT2D eigenvalue weighted by atomic mass is 10.1. The first-order valence-corrected chi connectivity index (χ1v) is 5.98. The predicted octanol–water partition coefficient (Wildman–Crippen LogP) is 3.82. The molecule has 3 nitrogen and oxygen atoms in total. The van der Waals surface area contributed by atoms with Gasteiger partial charge >= 0.3 is 0 Å². The van der Waals surface area contributed by atoms with Gasteiger partial charge in [0.25, 0.3) is 0 Å². The zero-order chi connectivity index (χ0) is 14.0. The lowest BCUT2D eigenvalue weighted by Gasteiger charge is -2.04. The first kappa shape index (κ1) is 16.0. The highest BCUT2D eigenvalue weighted by Gasteiger charge is 2.10. The summed E-state index contributed by atoms with van der Waals surface area (Å²) < 4.78 is 0. The third-order valence-corrected chi connectivity index (χ3v) is 1.98. The van der Waals surface area contributed by atoms with Crippen LogP contribution in [0.3, 0.4) is 0 Å². The van der Waals surface area contributed by atoms with Crippen LogP contribution in [0.15, 0.2) is 48.3 Å². The molecule has 0 unspecified atom stereocenters. The molecule has 18 heavy (non-hydrogen) atoms. The number of hydrogen-bond donors (Lipinski definition) is 0. The van der Waals surface area contributed by atoms with Gasteiger partial charge in [-0.15, -0.1) is 0 Å². The summed E-state index contributed by atoms with van der Waals surface area (Å²) in [7, 11) is 0. The molecule has 0 N–H and O–H groups in total. The minimum Gasteiger partial charge on any atom is -0.294 e. The monoisotopic (exact) mass is 244 g/mol. The number of allylic oxidation sites excluding steroid dienone is 2. The molecule has 1 rings (SSSR count). The highest BCUT2D eigenvalue weighted by atomic mass is 16.1. The molecule has 96 valence electrons. The lowest BCUT2D eigenvalue weighted by molar-refractivity contribution is 0.101. The van der Waals surface area contributed by atoms with Crippen molar-refractivity contribution in [1.29, 1.82) is 0 Å². The van der Waals surface area contributed by atoms with Crippen molar-refractivity contribution in [2.45, 2.75) is 27.7 Å². The molecule has 0 aliphatic rings. The van der Waals surface area contributed by atoms with Crippen LogP contribution in [0.2, 0.25) is 0 Å². The summed E-state index contributed by atoms with van der Waals surface area (Å²) in [6.45, 7) is 10.9. The fourth-order valence-corrected chi connectivity index (χ4v) is 1.33. The number of aliphatic imine (C=N–C) groups is 1. The third kappa shape index (κ3) is 4.45. The van der Waals surface area contributed by atoms with Crippen molar-refractivity contribution >= 4 is 11.5 Å². The molecule has 0 fully saturated rings. The van der Waals surface area contributed by atoms with Crippen LogP contribution in [0.1, 0.15) is 43.7 Å². The van der Waals surface area contributed by atoms with E-state index in [1.54, 1.807) is 24.4 Å². The molecule has 1 heterocycles. The first-order valence-electron chi connectivity index (χ1n) is 5.98. The van der Waals surface area contributed by atoms with Gasteiger partial charge in [0.1, 0.15) is 0 Å². The molecule has 0 radical (unpaired) electrons. The summed E-state index contributed by atoms with van der Waals surface area (Å²) in [5.41, 5.74) is 1.80. The smallest absolute Gasteiger partial charge is 0.162 e. The van der Waals surface area contributed by atoms with Crippen LogP contribution in [-0.2, 0) is 0 Å². The lowest BCUT2D eigenvalue weighted by Crippen LogP contribution is -2.08. The predicted molar refractivity (Wildman–Crippen MR) is 77.1 cm³/mol. The Balaban J connectivity index is 0.00000137. The average Bonchev–Trinajstić information content (AvgIpc) is 2.41. The summed E-state index contributed by atoms with van der Waals surface area (Å²) in [4.78, 5) is 19.7. The minimum absolute atomic E-state index is 0.0237. The Morgan fingerprint density at radius 3 is 2.61 bits per heavy atom. The Hall–Kier alpha value is -2.03. The molecule has 0 aliphatic carbocycles. The highest BCUT2D eigenvalue weighted by Crippen LogP contribution is 2.09. The minimum atomic E-state index is -0.0237. The van der Waals surface area contributed by atoms with E-state index in [0.29, 0.717) is 17.0 Å². The van der Waals surface area contributed by atoms with Crippen molar-refractivity contribution in [2.75, 3.05) is 0 Å². The van der Waals surface area contributed by atoms with Gasteiger partial charge in [-0.2, -0.15) is 0 Å². The Bertz CT molecular complexity index is 459. The van der Waals surface area contributed by atoms with Crippen molar-refractivity contribution in [1.82, 2.24) is 4.98 Å². The van der Waals surface area contributed by atoms with Gasteiger partial charge in [-0.1, -0.05) is 26.5 Å². The second kappa shape index (κ2) is 9.05. The van der Waals surface area contributed by atoms with E-state index in [4.69, 9.17) is 0 Å². The van der Waals surface area contributed by atoms with E-state index < -0.39 is 0 Å². The summed E-state index contributed by atoms with van der Waals surface area (Å²) >= 11 is 0. The topological polar surface area (TPSA) is 42.3 Å². The van der Waals surface area contributed by atoms with Crippen molar-refractivity contribution in [3.8, 4) is 0 Å². The van der Waals surface area contributed by atoms with Crippen molar-refractivity contribution < 1.29 is 4.79 Å². The maximum atomic E-state index is 11.4. The quantitative estimate of drug-likeness (QED) is 0.597. The van der Waals surface area contributed by atoms with Crippen LogP contribution in [0.4, 0.5) is 0 Å². The molecule has 0 amide bonds. The fraction of sp³-hybridized carbons (Fsp3) is 0.267. The fourth-order valence-electron chi connectivity index (χ4n) is 1.33. The van der Waals surface area contributed by atoms with E-state index in [2.05, 4.69) is 16.6 Å². The van der Waals surface area contributed by atoms with Gasteiger partial charge in [-0.25, -0.2) is 0 Å². The molecule has 0 bridgehead atoms. The van der Waals surface area contributed by atoms with E-state index >= 15 is 0 Å². The molecular weight excluding hydrogens is 224 g/mol. The molecule has 0 saturated heterocycles. The largest absolute Gasteiger partial charge is 0.294 e. The molecule has 0 saturated carbocycles. The van der Waals surface area contributed by atoms with Crippen LogP contribution in [0.5, 0.6) is 0 Å². The van der Waals surface area contributed by atoms with Crippen LogP contribution >= 0.6 is 0 Å². The van der Waals surface area contributed by atoms with E-state index in [9.17, 15) is 4.79 Å². The number of Topliss-reactive ketones (excluding diaryl/α,β-unsaturated/α-hetero) is 1. The number of ketones is 1. The SMILES string of the molecule is C=CN=C(/C=C\C)c1ncccc1C(C)=O.CC. The number of aromatic nitrogens is 1. The van der Waals surface area contributed by atoms with Gasteiger partial charge in [0.2, 0.25) is 0 Å². The van der Waals surface area contributed by atoms with Gasteiger partial charge in [0.15, 0.2) is 5.78 Å². The molecule has 0 spiro atoms. The number of pyridine rings is 1. The normalized spacial score (nSPS) is 10.8. The molecule has 0 aromatic carbocycles. The van der Waals surface area contributed by atoms with Crippen molar-refractivity contribution in [3.05, 3.63) is 54.5 Å². The van der Waals surface area contributed by atoms with Crippen LogP contribution in [-0.4, -0.2) is 16.5 Å².